The van der Waals surface area contributed by atoms with Crippen LogP contribution in [0.5, 0.6) is 0 Å². The highest BCUT2D eigenvalue weighted by atomic mass is 16.3. The van der Waals surface area contributed by atoms with Gasteiger partial charge in [0.2, 0.25) is 6.71 Å². The molecule has 320 valence electrons. The highest BCUT2D eigenvalue weighted by molar-refractivity contribution is 6.99. The monoisotopic (exact) mass is 829 g/mol. The van der Waals surface area contributed by atoms with Gasteiger partial charge < -0.3 is 14.2 Å². The zero-order valence-electron chi connectivity index (χ0n) is 40.1. The zero-order chi connectivity index (χ0) is 44.4. The molecule has 0 amide bonds. The predicted octanol–water partition coefficient (Wildman–Crippen LogP) is 14.2. The minimum Gasteiger partial charge on any atom is -0.456 e. The van der Waals surface area contributed by atoms with Crippen molar-refractivity contribution in [3.63, 3.8) is 0 Å². The lowest BCUT2D eigenvalue weighted by molar-refractivity contribution is 0.195. The molecule has 0 N–H and O–H groups in total. The molecular formula is C59H65BN2O. The van der Waals surface area contributed by atoms with E-state index >= 15 is 0 Å². The Morgan fingerprint density at radius 2 is 1.19 bits per heavy atom. The summed E-state index contributed by atoms with van der Waals surface area (Å²) in [7, 11) is 0. The molecule has 0 bridgehead atoms. The summed E-state index contributed by atoms with van der Waals surface area (Å²) in [5, 5.41) is 2.43. The van der Waals surface area contributed by atoms with Crippen LogP contribution in [0.3, 0.4) is 0 Å². The number of furan rings is 1. The van der Waals surface area contributed by atoms with E-state index in [-0.39, 0.29) is 39.3 Å². The minimum absolute atomic E-state index is 0.0319. The molecule has 63 heavy (non-hydrogen) atoms. The van der Waals surface area contributed by atoms with Gasteiger partial charge in [0.25, 0.3) is 0 Å². The summed E-state index contributed by atoms with van der Waals surface area (Å²) in [6.45, 7) is 31.2. The van der Waals surface area contributed by atoms with Crippen LogP contribution in [0.1, 0.15) is 149 Å². The van der Waals surface area contributed by atoms with E-state index < -0.39 is 0 Å². The molecule has 3 aliphatic heterocycles. The topological polar surface area (TPSA) is 19.6 Å². The van der Waals surface area contributed by atoms with E-state index in [2.05, 4.69) is 209 Å². The molecule has 0 spiro atoms. The molecule has 4 heteroatoms. The Hall–Kier alpha value is -5.22. The number of rotatable bonds is 2. The first-order valence-corrected chi connectivity index (χ1v) is 23.8. The highest BCUT2D eigenvalue weighted by Gasteiger charge is 2.60. The van der Waals surface area contributed by atoms with Gasteiger partial charge in [0.1, 0.15) is 11.2 Å². The van der Waals surface area contributed by atoms with Gasteiger partial charge in [0.05, 0.1) is 5.54 Å². The average Bonchev–Trinajstić information content (AvgIpc) is 3.69. The Bertz CT molecular complexity index is 3020. The fourth-order valence-corrected chi connectivity index (χ4v) is 12.6. The summed E-state index contributed by atoms with van der Waals surface area (Å²) in [5.41, 5.74) is 20.7. The number of anilines is 5. The third kappa shape index (κ3) is 5.58. The van der Waals surface area contributed by atoms with Gasteiger partial charge in [0.15, 0.2) is 0 Å². The maximum Gasteiger partial charge on any atom is 0.247 e. The average molecular weight is 829 g/mol. The third-order valence-corrected chi connectivity index (χ3v) is 16.5. The van der Waals surface area contributed by atoms with Gasteiger partial charge >= 0.3 is 0 Å². The lowest BCUT2D eigenvalue weighted by Crippen LogP contribution is -2.64. The van der Waals surface area contributed by atoms with Crippen molar-refractivity contribution in [2.24, 2.45) is 0 Å². The Kier molecular flexibility index (Phi) is 8.34. The van der Waals surface area contributed by atoms with Crippen LogP contribution in [0.25, 0.3) is 21.9 Å². The molecule has 4 aliphatic rings. The van der Waals surface area contributed by atoms with Gasteiger partial charge in [-0.2, -0.15) is 0 Å². The minimum atomic E-state index is -0.273. The van der Waals surface area contributed by atoms with Crippen molar-refractivity contribution in [1.82, 2.24) is 0 Å². The molecular weight excluding hydrogens is 763 g/mol. The van der Waals surface area contributed by atoms with Crippen LogP contribution in [0.15, 0.2) is 114 Å². The van der Waals surface area contributed by atoms with Gasteiger partial charge in [0, 0.05) is 55.6 Å². The number of nitrogens with zero attached hydrogens (tertiary/aromatic N) is 2. The van der Waals surface area contributed by atoms with E-state index in [1.807, 2.05) is 0 Å². The summed E-state index contributed by atoms with van der Waals surface area (Å²) in [6, 6.07) is 42.9. The number of hydrogen-bond donors (Lipinski definition) is 0. The van der Waals surface area contributed by atoms with E-state index in [0.29, 0.717) is 0 Å². The summed E-state index contributed by atoms with van der Waals surface area (Å²) in [6.07, 6.45) is 4.77. The lowest BCUT2D eigenvalue weighted by atomic mass is 9.29. The van der Waals surface area contributed by atoms with Crippen LogP contribution in [0.2, 0.25) is 0 Å². The van der Waals surface area contributed by atoms with Crippen LogP contribution >= 0.6 is 0 Å². The fourth-order valence-electron chi connectivity index (χ4n) is 12.6. The molecule has 7 aromatic rings. The van der Waals surface area contributed by atoms with Crippen molar-refractivity contribution in [1.29, 1.82) is 0 Å². The molecule has 3 nitrogen and oxygen atoms in total. The van der Waals surface area contributed by atoms with Crippen molar-refractivity contribution in [2.45, 2.75) is 148 Å². The molecule has 4 heterocycles. The fraction of sp³-hybridized carbons (Fsp3) is 0.390. The number of benzene rings is 6. The van der Waals surface area contributed by atoms with E-state index in [1.165, 1.54) is 102 Å². The molecule has 1 fully saturated rings. The van der Waals surface area contributed by atoms with Gasteiger partial charge in [-0.15, -0.1) is 0 Å². The maximum absolute atomic E-state index is 6.88. The first kappa shape index (κ1) is 40.6. The molecule has 1 aliphatic carbocycles. The molecule has 6 aromatic carbocycles. The smallest absolute Gasteiger partial charge is 0.247 e. The van der Waals surface area contributed by atoms with Gasteiger partial charge in [-0.05, 0) is 135 Å². The van der Waals surface area contributed by atoms with Gasteiger partial charge in [-0.3, -0.25) is 0 Å². The highest BCUT2D eigenvalue weighted by Crippen LogP contribution is 2.64. The van der Waals surface area contributed by atoms with E-state index in [4.69, 9.17) is 4.42 Å². The van der Waals surface area contributed by atoms with Crippen molar-refractivity contribution in [3.05, 3.63) is 143 Å². The van der Waals surface area contributed by atoms with Gasteiger partial charge in [-0.25, -0.2) is 0 Å². The summed E-state index contributed by atoms with van der Waals surface area (Å²) in [4.78, 5) is 5.48. The summed E-state index contributed by atoms with van der Waals surface area (Å²) in [5.74, 6) is 0. The standard InChI is InChI=1S/C59H65BN2O/c1-54(2,3)36-21-24-39(25-22-36)61-48-33-38(56(7,8)9)32-44-52(48)60(46-35-50-42(34-43(46)57(44,10)11)41-31-37(55(4,5)6)23-28-49(41)63-50)45-26-27-47-51(53(45)61)58(12)29-17-18-30-59(58,13)62(47)40-19-15-14-16-20-40/h14-16,19-28,31-35H,17-18,29-30H2,1-13H3. The van der Waals surface area contributed by atoms with Crippen LogP contribution in [0.4, 0.5) is 28.4 Å². The molecule has 2 unspecified atom stereocenters. The second kappa shape index (κ2) is 13.0. The quantitative estimate of drug-likeness (QED) is 0.162. The van der Waals surface area contributed by atoms with Crippen LogP contribution in [0, 0.1) is 0 Å². The molecule has 1 aromatic heterocycles. The Morgan fingerprint density at radius 3 is 1.87 bits per heavy atom. The molecule has 0 radical (unpaired) electrons. The van der Waals surface area contributed by atoms with Crippen molar-refractivity contribution in [2.75, 3.05) is 9.80 Å². The van der Waals surface area contributed by atoms with Crippen LogP contribution in [-0.4, -0.2) is 12.3 Å². The van der Waals surface area contributed by atoms with E-state index in [1.54, 1.807) is 0 Å². The SMILES string of the molecule is CC(C)(C)c1ccc(N2c3cc(C(C)(C)C)cc4c3B(c3cc5oc6ccc(C(C)(C)C)cc6c5cc3C4(C)C)c3ccc4c(c32)C2(C)CCCCC2(C)N4c2ccccc2)cc1. The number of para-hydroxylation sites is 1. The van der Waals surface area contributed by atoms with Crippen LogP contribution < -0.4 is 26.2 Å². The second-order valence-electron chi connectivity index (χ2n) is 23.8. The molecule has 1 saturated carbocycles. The van der Waals surface area contributed by atoms with Crippen molar-refractivity contribution >= 4 is 73.5 Å². The van der Waals surface area contributed by atoms with Crippen molar-refractivity contribution < 1.29 is 4.42 Å². The van der Waals surface area contributed by atoms with E-state index in [0.717, 1.165) is 24.0 Å². The Balaban J connectivity index is 1.28. The first-order valence-electron chi connectivity index (χ1n) is 23.8. The number of hydrogen-bond acceptors (Lipinski definition) is 3. The maximum atomic E-state index is 6.88. The molecule has 2 atom stereocenters. The van der Waals surface area contributed by atoms with Crippen molar-refractivity contribution in [3.8, 4) is 0 Å². The normalized spacial score (nSPS) is 21.3. The lowest BCUT2D eigenvalue weighted by Gasteiger charge is -2.51. The molecule has 0 saturated heterocycles. The van der Waals surface area contributed by atoms with E-state index in [9.17, 15) is 0 Å². The molecule has 11 rings (SSSR count). The summed E-state index contributed by atoms with van der Waals surface area (Å²) < 4.78 is 6.88. The largest absolute Gasteiger partial charge is 0.456 e. The van der Waals surface area contributed by atoms with Gasteiger partial charge in [-0.1, -0.05) is 150 Å². The number of fused-ring (bicyclic) bond motifs is 11. The Morgan fingerprint density at radius 1 is 0.540 bits per heavy atom. The zero-order valence-corrected chi connectivity index (χ0v) is 40.1. The van der Waals surface area contributed by atoms with Crippen LogP contribution in [-0.2, 0) is 27.1 Å². The predicted molar refractivity (Wildman–Crippen MR) is 271 cm³/mol. The summed E-state index contributed by atoms with van der Waals surface area (Å²) >= 11 is 0. The first-order chi connectivity index (χ1) is 29.6. The third-order valence-electron chi connectivity index (χ3n) is 16.5. The Labute approximate surface area is 377 Å². The second-order valence-corrected chi connectivity index (χ2v) is 23.8.